The molecule has 0 bridgehead atoms. The summed E-state index contributed by atoms with van der Waals surface area (Å²) in [5.41, 5.74) is 0.712. The van der Waals surface area contributed by atoms with Gasteiger partial charge < -0.3 is 19.5 Å². The van der Waals surface area contributed by atoms with Gasteiger partial charge in [0.15, 0.2) is 21.3 Å². The zero-order valence-electron chi connectivity index (χ0n) is 13.1. The van der Waals surface area contributed by atoms with Crippen LogP contribution in [0, 0.1) is 0 Å². The second-order valence-electron chi connectivity index (χ2n) is 4.76. The van der Waals surface area contributed by atoms with E-state index >= 15 is 0 Å². The van der Waals surface area contributed by atoms with Crippen molar-refractivity contribution in [2.45, 2.75) is 19.1 Å². The van der Waals surface area contributed by atoms with Crippen LogP contribution in [0.2, 0.25) is 0 Å². The monoisotopic (exact) mass is 317 g/mol. The smallest absolute Gasteiger partial charge is 0.203 e. The van der Waals surface area contributed by atoms with Crippen LogP contribution in [0.25, 0.3) is 0 Å². The fourth-order valence-electron chi connectivity index (χ4n) is 1.76. The quantitative estimate of drug-likeness (QED) is 0.790. The number of anilines is 1. The molecule has 0 saturated carbocycles. The van der Waals surface area contributed by atoms with Crippen LogP contribution < -0.4 is 19.5 Å². The predicted octanol–water partition coefficient (Wildman–Crippen LogP) is 1.95. The molecule has 21 heavy (non-hydrogen) atoms. The lowest BCUT2D eigenvalue weighted by atomic mass is 10.2. The molecule has 0 radical (unpaired) electrons. The highest BCUT2D eigenvalue weighted by atomic mass is 32.2. The first-order chi connectivity index (χ1) is 9.85. The minimum absolute atomic E-state index is 0.0708. The Balaban J connectivity index is 2.85. The lowest BCUT2D eigenvalue weighted by Gasteiger charge is -2.15. The van der Waals surface area contributed by atoms with Gasteiger partial charge in [-0.15, -0.1) is 0 Å². The molecule has 120 valence electrons. The molecular weight excluding hydrogens is 294 g/mol. The summed E-state index contributed by atoms with van der Waals surface area (Å²) < 4.78 is 39.2. The molecule has 0 fully saturated rings. The molecule has 0 atom stereocenters. The third-order valence-corrected chi connectivity index (χ3v) is 5.31. The number of nitrogens with one attached hydrogen (secondary N) is 1. The number of sulfone groups is 1. The van der Waals surface area contributed by atoms with Crippen molar-refractivity contribution in [2.24, 2.45) is 0 Å². The minimum atomic E-state index is -3.06. The van der Waals surface area contributed by atoms with Gasteiger partial charge in [-0.25, -0.2) is 8.42 Å². The first-order valence-corrected chi connectivity index (χ1v) is 8.32. The first-order valence-electron chi connectivity index (χ1n) is 6.61. The Hall–Kier alpha value is -1.63. The standard InChI is InChI=1S/C14H23NO5S/c1-10(2)21(16,17)7-6-15-11-8-12(18-3)14(20-5)13(9-11)19-4/h8-10,15H,6-7H2,1-5H3. The van der Waals surface area contributed by atoms with Crippen LogP contribution in [-0.2, 0) is 9.84 Å². The van der Waals surface area contributed by atoms with E-state index in [4.69, 9.17) is 14.2 Å². The first kappa shape index (κ1) is 17.4. The van der Waals surface area contributed by atoms with Crippen LogP contribution in [0.3, 0.4) is 0 Å². The number of ether oxygens (including phenoxy) is 3. The van der Waals surface area contributed by atoms with Gasteiger partial charge in [-0.1, -0.05) is 0 Å². The van der Waals surface area contributed by atoms with Crippen molar-refractivity contribution in [1.82, 2.24) is 0 Å². The van der Waals surface area contributed by atoms with Gasteiger partial charge in [0.1, 0.15) is 0 Å². The summed E-state index contributed by atoms with van der Waals surface area (Å²) in [4.78, 5) is 0. The average molecular weight is 317 g/mol. The fraction of sp³-hybridized carbons (Fsp3) is 0.571. The van der Waals surface area contributed by atoms with E-state index < -0.39 is 9.84 Å². The van der Waals surface area contributed by atoms with Crippen molar-refractivity contribution in [3.05, 3.63) is 12.1 Å². The van der Waals surface area contributed by atoms with Gasteiger partial charge in [0.25, 0.3) is 0 Å². The maximum absolute atomic E-state index is 11.8. The molecule has 0 aromatic heterocycles. The summed E-state index contributed by atoms with van der Waals surface area (Å²) in [5, 5.41) is 2.69. The largest absolute Gasteiger partial charge is 0.493 e. The molecule has 0 aliphatic heterocycles. The Kier molecular flexibility index (Phi) is 6.14. The Labute approximate surface area is 126 Å². The van der Waals surface area contributed by atoms with E-state index in [1.807, 2.05) is 0 Å². The van der Waals surface area contributed by atoms with E-state index in [2.05, 4.69) is 5.32 Å². The van der Waals surface area contributed by atoms with E-state index in [1.165, 1.54) is 21.3 Å². The number of hydrogen-bond donors (Lipinski definition) is 1. The molecule has 0 amide bonds. The Morgan fingerprint density at radius 3 is 1.95 bits per heavy atom. The van der Waals surface area contributed by atoms with Crippen LogP contribution in [0.5, 0.6) is 17.2 Å². The maximum atomic E-state index is 11.8. The van der Waals surface area contributed by atoms with Crippen molar-refractivity contribution in [3.8, 4) is 17.2 Å². The zero-order chi connectivity index (χ0) is 16.0. The number of benzene rings is 1. The summed E-state index contributed by atoms with van der Waals surface area (Å²) in [5.74, 6) is 1.61. The molecule has 0 aliphatic rings. The second kappa shape index (κ2) is 7.40. The third-order valence-electron chi connectivity index (χ3n) is 3.10. The van der Waals surface area contributed by atoms with E-state index in [1.54, 1.807) is 26.0 Å². The molecule has 0 spiro atoms. The lowest BCUT2D eigenvalue weighted by Crippen LogP contribution is -2.22. The number of hydrogen-bond acceptors (Lipinski definition) is 6. The van der Waals surface area contributed by atoms with Crippen LogP contribution in [0.15, 0.2) is 12.1 Å². The van der Waals surface area contributed by atoms with Crippen molar-refractivity contribution in [3.63, 3.8) is 0 Å². The highest BCUT2D eigenvalue weighted by Gasteiger charge is 2.16. The van der Waals surface area contributed by atoms with E-state index in [0.717, 1.165) is 0 Å². The lowest BCUT2D eigenvalue weighted by molar-refractivity contribution is 0.324. The van der Waals surface area contributed by atoms with Crippen LogP contribution in [-0.4, -0.2) is 47.3 Å². The van der Waals surface area contributed by atoms with Gasteiger partial charge in [-0.3, -0.25) is 0 Å². The Bertz CT molecular complexity index is 544. The predicted molar refractivity (Wildman–Crippen MR) is 83.5 cm³/mol. The SMILES string of the molecule is COc1cc(NCCS(=O)(=O)C(C)C)cc(OC)c1OC. The molecule has 1 rings (SSSR count). The van der Waals surface area contributed by atoms with Crippen molar-refractivity contribution in [1.29, 1.82) is 0 Å². The highest BCUT2D eigenvalue weighted by molar-refractivity contribution is 7.92. The van der Waals surface area contributed by atoms with Crippen LogP contribution >= 0.6 is 0 Å². The summed E-state index contributed by atoms with van der Waals surface area (Å²) in [6.07, 6.45) is 0. The van der Waals surface area contributed by atoms with Crippen molar-refractivity contribution in [2.75, 3.05) is 38.9 Å². The summed E-state index contributed by atoms with van der Waals surface area (Å²) >= 11 is 0. The van der Waals surface area contributed by atoms with E-state index in [-0.39, 0.29) is 11.0 Å². The molecule has 6 nitrogen and oxygen atoms in total. The van der Waals surface area contributed by atoms with E-state index in [9.17, 15) is 8.42 Å². The molecule has 7 heteroatoms. The highest BCUT2D eigenvalue weighted by Crippen LogP contribution is 2.39. The molecule has 0 saturated heterocycles. The van der Waals surface area contributed by atoms with E-state index in [0.29, 0.717) is 29.5 Å². The summed E-state index contributed by atoms with van der Waals surface area (Å²) in [6.45, 7) is 3.67. The van der Waals surface area contributed by atoms with Gasteiger partial charge >= 0.3 is 0 Å². The average Bonchev–Trinajstić information content (AvgIpc) is 2.45. The molecule has 0 unspecified atom stereocenters. The fourth-order valence-corrected chi connectivity index (χ4v) is 2.61. The number of methoxy groups -OCH3 is 3. The van der Waals surface area contributed by atoms with Gasteiger partial charge in [0, 0.05) is 24.4 Å². The summed E-state index contributed by atoms with van der Waals surface area (Å²) in [6, 6.07) is 3.48. The Morgan fingerprint density at radius 1 is 1.05 bits per heavy atom. The van der Waals surface area contributed by atoms with Crippen LogP contribution in [0.1, 0.15) is 13.8 Å². The van der Waals surface area contributed by atoms with Gasteiger partial charge in [-0.05, 0) is 13.8 Å². The van der Waals surface area contributed by atoms with Gasteiger partial charge in [0.2, 0.25) is 5.75 Å². The molecule has 1 aromatic carbocycles. The van der Waals surface area contributed by atoms with Gasteiger partial charge in [-0.2, -0.15) is 0 Å². The van der Waals surface area contributed by atoms with Crippen LogP contribution in [0.4, 0.5) is 5.69 Å². The zero-order valence-corrected chi connectivity index (χ0v) is 13.9. The van der Waals surface area contributed by atoms with Crippen molar-refractivity contribution >= 4 is 15.5 Å². The molecular formula is C14H23NO5S. The normalized spacial score (nSPS) is 11.3. The number of rotatable bonds is 8. The molecule has 1 N–H and O–H groups in total. The van der Waals surface area contributed by atoms with Gasteiger partial charge in [0.05, 0.1) is 32.3 Å². The molecule has 1 aromatic rings. The molecule has 0 aliphatic carbocycles. The Morgan fingerprint density at radius 2 is 1.57 bits per heavy atom. The second-order valence-corrected chi connectivity index (χ2v) is 7.43. The molecule has 0 heterocycles. The minimum Gasteiger partial charge on any atom is -0.493 e. The maximum Gasteiger partial charge on any atom is 0.203 e. The third kappa shape index (κ3) is 4.42. The van der Waals surface area contributed by atoms with Crippen molar-refractivity contribution < 1.29 is 22.6 Å². The summed E-state index contributed by atoms with van der Waals surface area (Å²) in [7, 11) is 1.53. The topological polar surface area (TPSA) is 73.9 Å².